The minimum atomic E-state index is -3.61. The molecular formula is C12H13N5O2S. The van der Waals surface area contributed by atoms with E-state index in [-0.39, 0.29) is 17.1 Å². The molecular weight excluding hydrogens is 278 g/mol. The van der Waals surface area contributed by atoms with Gasteiger partial charge >= 0.3 is 0 Å². The lowest BCUT2D eigenvalue weighted by atomic mass is 10.3. The molecule has 2 heterocycles. The van der Waals surface area contributed by atoms with Gasteiger partial charge in [0.15, 0.2) is 0 Å². The average molecular weight is 291 g/mol. The third-order valence-corrected chi connectivity index (χ3v) is 4.05. The van der Waals surface area contributed by atoms with Crippen LogP contribution in [0, 0.1) is 11.3 Å². The van der Waals surface area contributed by atoms with Gasteiger partial charge in [0.1, 0.15) is 16.7 Å². The van der Waals surface area contributed by atoms with Gasteiger partial charge in [-0.05, 0) is 18.2 Å². The van der Waals surface area contributed by atoms with E-state index in [9.17, 15) is 8.42 Å². The SMILES string of the molecule is Cn1ccc(CCNS(=O)(=O)c2ccc(C#N)nc2)n1. The van der Waals surface area contributed by atoms with E-state index < -0.39 is 10.0 Å². The highest BCUT2D eigenvalue weighted by Gasteiger charge is 2.14. The van der Waals surface area contributed by atoms with Crippen molar-refractivity contribution in [2.75, 3.05) is 6.54 Å². The van der Waals surface area contributed by atoms with Gasteiger partial charge in [-0.2, -0.15) is 10.4 Å². The van der Waals surface area contributed by atoms with Crippen molar-refractivity contribution in [2.45, 2.75) is 11.3 Å². The van der Waals surface area contributed by atoms with Crippen LogP contribution in [0.4, 0.5) is 0 Å². The molecule has 7 nitrogen and oxygen atoms in total. The fourth-order valence-electron chi connectivity index (χ4n) is 1.60. The number of pyridine rings is 1. The molecule has 1 N–H and O–H groups in total. The maximum Gasteiger partial charge on any atom is 0.242 e. The van der Waals surface area contributed by atoms with E-state index >= 15 is 0 Å². The van der Waals surface area contributed by atoms with Crippen LogP contribution in [0.3, 0.4) is 0 Å². The van der Waals surface area contributed by atoms with Crippen LogP contribution in [-0.2, 0) is 23.5 Å². The largest absolute Gasteiger partial charge is 0.276 e. The van der Waals surface area contributed by atoms with Gasteiger partial charge in [-0.25, -0.2) is 18.1 Å². The quantitative estimate of drug-likeness (QED) is 0.848. The third kappa shape index (κ3) is 3.40. The normalized spacial score (nSPS) is 11.2. The lowest BCUT2D eigenvalue weighted by Gasteiger charge is -2.05. The van der Waals surface area contributed by atoms with E-state index in [2.05, 4.69) is 14.8 Å². The lowest BCUT2D eigenvalue weighted by molar-refractivity contribution is 0.580. The molecule has 0 aromatic carbocycles. The van der Waals surface area contributed by atoms with Gasteiger partial charge in [-0.15, -0.1) is 0 Å². The standard InChI is InChI=1S/C12H13N5O2S/c1-17-7-5-10(16-17)4-6-15-20(18,19)12-3-2-11(8-13)14-9-12/h2-3,5,7,9,15H,4,6H2,1H3. The van der Waals surface area contributed by atoms with Crippen LogP contribution in [0.15, 0.2) is 35.5 Å². The van der Waals surface area contributed by atoms with Gasteiger partial charge in [-0.1, -0.05) is 0 Å². The molecule has 0 aliphatic carbocycles. The maximum atomic E-state index is 12.0. The highest BCUT2D eigenvalue weighted by molar-refractivity contribution is 7.89. The van der Waals surface area contributed by atoms with Crippen LogP contribution < -0.4 is 4.72 Å². The number of sulfonamides is 1. The van der Waals surface area contributed by atoms with Gasteiger partial charge in [0.25, 0.3) is 0 Å². The van der Waals surface area contributed by atoms with Crippen LogP contribution >= 0.6 is 0 Å². The van der Waals surface area contributed by atoms with Crippen molar-refractivity contribution < 1.29 is 8.42 Å². The summed E-state index contributed by atoms with van der Waals surface area (Å²) in [7, 11) is -1.80. The summed E-state index contributed by atoms with van der Waals surface area (Å²) in [6.45, 7) is 0.249. The number of hydrogen-bond acceptors (Lipinski definition) is 5. The third-order valence-electron chi connectivity index (χ3n) is 2.60. The Kier molecular flexibility index (Phi) is 4.12. The molecule has 8 heteroatoms. The zero-order valence-corrected chi connectivity index (χ0v) is 11.6. The summed E-state index contributed by atoms with van der Waals surface area (Å²) in [5, 5.41) is 12.8. The Morgan fingerprint density at radius 3 is 2.75 bits per heavy atom. The van der Waals surface area contributed by atoms with Crippen LogP contribution in [0.2, 0.25) is 0 Å². The van der Waals surface area contributed by atoms with Crippen molar-refractivity contribution in [3.05, 3.63) is 42.0 Å². The Morgan fingerprint density at radius 1 is 1.40 bits per heavy atom. The summed E-state index contributed by atoms with van der Waals surface area (Å²) >= 11 is 0. The van der Waals surface area contributed by atoms with Crippen LogP contribution in [0.1, 0.15) is 11.4 Å². The lowest BCUT2D eigenvalue weighted by Crippen LogP contribution is -2.26. The van der Waals surface area contributed by atoms with Crippen molar-refractivity contribution in [1.29, 1.82) is 5.26 Å². The topological polar surface area (TPSA) is 101 Å². The van der Waals surface area contributed by atoms with E-state index in [0.29, 0.717) is 6.42 Å². The van der Waals surface area contributed by atoms with Crippen LogP contribution in [-0.4, -0.2) is 29.7 Å². The monoisotopic (exact) mass is 291 g/mol. The molecule has 0 saturated carbocycles. The second kappa shape index (κ2) is 5.81. The highest BCUT2D eigenvalue weighted by Crippen LogP contribution is 2.07. The number of rotatable bonds is 5. The Labute approximate surface area is 116 Å². The first-order valence-electron chi connectivity index (χ1n) is 5.85. The smallest absolute Gasteiger partial charge is 0.242 e. The van der Waals surface area contributed by atoms with Crippen molar-refractivity contribution in [3.63, 3.8) is 0 Å². The van der Waals surface area contributed by atoms with E-state index in [0.717, 1.165) is 5.69 Å². The summed E-state index contributed by atoms with van der Waals surface area (Å²) in [6.07, 6.45) is 3.47. The zero-order valence-electron chi connectivity index (χ0n) is 10.8. The first kappa shape index (κ1) is 14.2. The number of aromatic nitrogens is 3. The van der Waals surface area contributed by atoms with E-state index in [1.807, 2.05) is 12.1 Å². The number of nitriles is 1. The summed E-state index contributed by atoms with van der Waals surface area (Å²) in [6, 6.07) is 6.39. The highest BCUT2D eigenvalue weighted by atomic mass is 32.2. The molecule has 2 aromatic rings. The van der Waals surface area contributed by atoms with Crippen molar-refractivity contribution in [3.8, 4) is 6.07 Å². The molecule has 0 atom stereocenters. The fourth-order valence-corrected chi connectivity index (χ4v) is 2.57. The number of nitrogens with one attached hydrogen (secondary N) is 1. The van der Waals surface area contributed by atoms with Crippen LogP contribution in [0.5, 0.6) is 0 Å². The summed E-state index contributed by atoms with van der Waals surface area (Å²) in [4.78, 5) is 3.78. The van der Waals surface area contributed by atoms with Gasteiger partial charge < -0.3 is 0 Å². The molecule has 0 bridgehead atoms. The summed E-state index contributed by atoms with van der Waals surface area (Å²) in [5.41, 5.74) is 0.991. The predicted molar refractivity (Wildman–Crippen MR) is 71.1 cm³/mol. The molecule has 0 aliphatic heterocycles. The van der Waals surface area contributed by atoms with Gasteiger partial charge in [0.05, 0.1) is 5.69 Å². The molecule has 2 aromatic heterocycles. The molecule has 0 saturated heterocycles. The average Bonchev–Trinajstić information content (AvgIpc) is 2.84. The van der Waals surface area contributed by atoms with Crippen molar-refractivity contribution in [2.24, 2.45) is 7.05 Å². The van der Waals surface area contributed by atoms with Crippen molar-refractivity contribution >= 4 is 10.0 Å². The number of aryl methyl sites for hydroxylation is 1. The minimum absolute atomic E-state index is 0.0394. The number of hydrogen-bond donors (Lipinski definition) is 1. The second-order valence-electron chi connectivity index (χ2n) is 4.12. The molecule has 0 unspecified atom stereocenters. The van der Waals surface area contributed by atoms with E-state index in [1.165, 1.54) is 18.3 Å². The number of nitrogens with zero attached hydrogens (tertiary/aromatic N) is 4. The predicted octanol–water partition coefficient (Wildman–Crippen LogP) is 0.208. The van der Waals surface area contributed by atoms with Crippen LogP contribution in [0.25, 0.3) is 0 Å². The second-order valence-corrected chi connectivity index (χ2v) is 5.89. The Hall–Kier alpha value is -2.24. The molecule has 0 spiro atoms. The maximum absolute atomic E-state index is 12.0. The van der Waals surface area contributed by atoms with E-state index in [4.69, 9.17) is 5.26 Å². The van der Waals surface area contributed by atoms with Gasteiger partial charge in [-0.3, -0.25) is 4.68 Å². The first-order chi connectivity index (χ1) is 9.51. The Morgan fingerprint density at radius 2 is 2.20 bits per heavy atom. The summed E-state index contributed by atoms with van der Waals surface area (Å²) < 4.78 is 28.1. The molecule has 2 rings (SSSR count). The Bertz CT molecular complexity index is 728. The summed E-state index contributed by atoms with van der Waals surface area (Å²) in [5.74, 6) is 0. The van der Waals surface area contributed by atoms with E-state index in [1.54, 1.807) is 17.9 Å². The molecule has 20 heavy (non-hydrogen) atoms. The van der Waals surface area contributed by atoms with Gasteiger partial charge in [0, 0.05) is 32.4 Å². The Balaban J connectivity index is 1.98. The molecule has 0 fully saturated rings. The fraction of sp³-hybridized carbons (Fsp3) is 0.250. The zero-order chi connectivity index (χ0) is 14.6. The molecule has 104 valence electrons. The molecule has 0 aliphatic rings. The minimum Gasteiger partial charge on any atom is -0.276 e. The van der Waals surface area contributed by atoms with Crippen molar-refractivity contribution in [1.82, 2.24) is 19.5 Å². The molecule has 0 amide bonds. The van der Waals surface area contributed by atoms with Gasteiger partial charge in [0.2, 0.25) is 10.0 Å². The molecule has 0 radical (unpaired) electrons. The first-order valence-corrected chi connectivity index (χ1v) is 7.34.